The molecule has 0 saturated heterocycles. The molecule has 0 unspecified atom stereocenters. The molecular formula is C24H43NNaO5PS-. The molecule has 0 aliphatic rings. The van der Waals surface area contributed by atoms with Gasteiger partial charge in [0.05, 0.1) is 13.2 Å². The van der Waals surface area contributed by atoms with Crippen molar-refractivity contribution in [1.29, 1.82) is 0 Å². The topological polar surface area (TPSA) is 83.8 Å². The van der Waals surface area contributed by atoms with E-state index in [-0.39, 0.29) is 47.7 Å². The summed E-state index contributed by atoms with van der Waals surface area (Å²) in [5, 5.41) is 0. The quantitative estimate of drug-likeness (QED) is 0.0948. The number of unbranched alkanes of at least 4 members (excludes halogenated alkanes) is 12. The van der Waals surface area contributed by atoms with Crippen LogP contribution in [0.25, 0.3) is 4.49 Å². The van der Waals surface area contributed by atoms with Crippen LogP contribution in [0, 0.1) is 0 Å². The minimum Gasteiger partial charge on any atom is -0.438 e. The van der Waals surface area contributed by atoms with Gasteiger partial charge in [-0.25, -0.2) is 8.42 Å². The standard InChI is InChI=1S/C24H43NO5PS.Na/c1-3-5-7-9-11-13-18-22-29-31(26,30-23-19-14-12-10-8-6-4-2)25-32(27,28)24-20-16-15-17-21-24;/h15-17,20-21H,3-14,18-19,22-23H2,1-2H3;/q-1;. The first-order chi connectivity index (χ1) is 15.4. The minimum absolute atomic E-state index is 0. The molecular weight excluding hydrogens is 468 g/mol. The van der Waals surface area contributed by atoms with Crippen LogP contribution < -0.4 is 0 Å². The van der Waals surface area contributed by atoms with Crippen molar-refractivity contribution in [2.24, 2.45) is 0 Å². The largest absolute Gasteiger partial charge is 0.438 e. The minimum atomic E-state index is -4.12. The van der Waals surface area contributed by atoms with E-state index in [4.69, 9.17) is 9.05 Å². The average molecular weight is 512 g/mol. The smallest absolute Gasteiger partial charge is 0.253 e. The van der Waals surface area contributed by atoms with E-state index in [0.717, 1.165) is 25.7 Å². The molecule has 1 rings (SSSR count). The Kier molecular flexibility index (Phi) is 20.6. The number of hydrogen-bond acceptors (Lipinski definition) is 5. The number of sulfonamides is 1. The number of hydrogen-bond donors (Lipinski definition) is 0. The molecule has 0 atom stereocenters. The van der Waals surface area contributed by atoms with E-state index in [1.807, 2.05) is 0 Å². The van der Waals surface area contributed by atoms with E-state index in [9.17, 15) is 13.0 Å². The zero-order valence-corrected chi connectivity index (χ0v) is 24.8. The van der Waals surface area contributed by atoms with Crippen molar-refractivity contribution in [2.75, 3.05) is 13.2 Å². The molecule has 1 aromatic carbocycles. The summed E-state index contributed by atoms with van der Waals surface area (Å²) in [6.45, 7) is 4.72. The maximum Gasteiger partial charge on any atom is 0.253 e. The van der Waals surface area contributed by atoms with Crippen molar-refractivity contribution in [3.05, 3.63) is 34.8 Å². The molecule has 0 fully saturated rings. The molecule has 9 heteroatoms. The summed E-state index contributed by atoms with van der Waals surface area (Å²) in [6, 6.07) is 7.77. The molecule has 187 valence electrons. The van der Waals surface area contributed by atoms with Gasteiger partial charge < -0.3 is 13.5 Å². The van der Waals surface area contributed by atoms with Crippen LogP contribution in [0.5, 0.6) is 0 Å². The second kappa shape index (κ2) is 20.5. The third-order valence-electron chi connectivity index (χ3n) is 5.25. The second-order valence-electron chi connectivity index (χ2n) is 8.25. The van der Waals surface area contributed by atoms with Crippen LogP contribution in [-0.4, -0.2) is 51.2 Å². The van der Waals surface area contributed by atoms with Gasteiger partial charge in [0.2, 0.25) is 0 Å². The Morgan fingerprint density at radius 3 is 1.52 bits per heavy atom. The SMILES string of the molecule is CCCCCCCCCOP(=O)([N-]S(=O)(=O)c1ccccc1)OCCCCCCCCC.[Na]. The van der Waals surface area contributed by atoms with E-state index in [0.29, 0.717) is 12.8 Å². The summed E-state index contributed by atoms with van der Waals surface area (Å²) in [5.41, 5.74) is 0. The van der Waals surface area contributed by atoms with Crippen molar-refractivity contribution < 1.29 is 22.0 Å². The summed E-state index contributed by atoms with van der Waals surface area (Å²) in [7, 11) is -8.22. The van der Waals surface area contributed by atoms with Gasteiger partial charge in [0, 0.05) is 34.5 Å². The summed E-state index contributed by atoms with van der Waals surface area (Å²) in [4.78, 5) is -0.0146. The fraction of sp³-hybridized carbons (Fsp3) is 0.750. The number of nitrogens with zero attached hydrogens (tertiary/aromatic N) is 1. The van der Waals surface area contributed by atoms with Crippen LogP contribution in [0.1, 0.15) is 104 Å². The van der Waals surface area contributed by atoms with Gasteiger partial charge in [-0.2, -0.15) is 0 Å². The third-order valence-corrected chi connectivity index (χ3v) is 8.80. The average Bonchev–Trinajstić information content (AvgIpc) is 2.78. The predicted octanol–water partition coefficient (Wildman–Crippen LogP) is 8.01. The molecule has 0 aliphatic heterocycles. The Morgan fingerprint density at radius 2 is 1.09 bits per heavy atom. The summed E-state index contributed by atoms with van der Waals surface area (Å²) >= 11 is 0. The molecule has 0 aromatic heterocycles. The molecule has 0 spiro atoms. The Bertz CT molecular complexity index is 710. The van der Waals surface area contributed by atoms with Gasteiger partial charge in [0.1, 0.15) is 10.0 Å². The first-order valence-corrected chi connectivity index (χ1v) is 15.3. The van der Waals surface area contributed by atoms with Crippen molar-refractivity contribution in [3.8, 4) is 0 Å². The molecule has 0 heterocycles. The van der Waals surface area contributed by atoms with Gasteiger partial charge in [-0.15, -0.1) is 0 Å². The fourth-order valence-electron chi connectivity index (χ4n) is 3.33. The number of benzene rings is 1. The van der Waals surface area contributed by atoms with Crippen molar-refractivity contribution in [1.82, 2.24) is 0 Å². The van der Waals surface area contributed by atoms with Crippen molar-refractivity contribution in [2.45, 2.75) is 109 Å². The van der Waals surface area contributed by atoms with Crippen molar-refractivity contribution in [3.63, 3.8) is 0 Å². The van der Waals surface area contributed by atoms with Crippen LogP contribution >= 0.6 is 7.75 Å². The molecule has 1 radical (unpaired) electrons. The van der Waals surface area contributed by atoms with Gasteiger partial charge in [-0.3, -0.25) is 4.57 Å². The van der Waals surface area contributed by atoms with Crippen LogP contribution in [-0.2, 0) is 23.6 Å². The molecule has 6 nitrogen and oxygen atoms in total. The molecule has 0 N–H and O–H groups in total. The Labute approximate surface area is 224 Å². The zero-order valence-electron chi connectivity index (χ0n) is 21.0. The third kappa shape index (κ3) is 16.6. The zero-order chi connectivity index (χ0) is 23.5. The maximum absolute atomic E-state index is 13.2. The molecule has 1 aromatic rings. The Hall–Kier alpha value is 0.280. The molecule has 0 amide bonds. The van der Waals surface area contributed by atoms with Crippen LogP contribution in [0.2, 0.25) is 0 Å². The molecule has 0 bridgehead atoms. The molecule has 0 saturated carbocycles. The van der Waals surface area contributed by atoms with Gasteiger partial charge in [-0.05, 0) is 25.0 Å². The summed E-state index contributed by atoms with van der Waals surface area (Å²) < 4.78 is 52.9. The van der Waals surface area contributed by atoms with Crippen LogP contribution in [0.4, 0.5) is 0 Å². The first-order valence-electron chi connectivity index (χ1n) is 12.4. The van der Waals surface area contributed by atoms with Gasteiger partial charge in [0.25, 0.3) is 7.75 Å². The summed E-state index contributed by atoms with van der Waals surface area (Å²) in [5.74, 6) is 0. The van der Waals surface area contributed by atoms with E-state index in [1.165, 1.54) is 63.5 Å². The van der Waals surface area contributed by atoms with Gasteiger partial charge in [-0.1, -0.05) is 109 Å². The predicted molar refractivity (Wildman–Crippen MR) is 138 cm³/mol. The second-order valence-corrected chi connectivity index (χ2v) is 11.8. The summed E-state index contributed by atoms with van der Waals surface area (Å²) in [6.07, 6.45) is 15.2. The fourth-order valence-corrected chi connectivity index (χ4v) is 6.44. The normalized spacial score (nSPS) is 11.9. The first kappa shape index (κ1) is 33.3. The maximum atomic E-state index is 13.2. The van der Waals surface area contributed by atoms with Gasteiger partial charge >= 0.3 is 0 Å². The van der Waals surface area contributed by atoms with Gasteiger partial charge in [0.15, 0.2) is 0 Å². The monoisotopic (exact) mass is 511 g/mol. The van der Waals surface area contributed by atoms with Crippen LogP contribution in [0.15, 0.2) is 35.2 Å². The van der Waals surface area contributed by atoms with E-state index >= 15 is 0 Å². The van der Waals surface area contributed by atoms with Crippen LogP contribution in [0.3, 0.4) is 0 Å². The molecule has 33 heavy (non-hydrogen) atoms. The van der Waals surface area contributed by atoms with E-state index in [1.54, 1.807) is 18.2 Å². The molecule has 0 aliphatic carbocycles. The number of rotatable bonds is 21. The van der Waals surface area contributed by atoms with E-state index in [2.05, 4.69) is 18.3 Å². The van der Waals surface area contributed by atoms with E-state index < -0.39 is 17.8 Å². The Balaban J connectivity index is 0.0000102. The Morgan fingerprint density at radius 1 is 0.697 bits per heavy atom. The van der Waals surface area contributed by atoms with Crippen molar-refractivity contribution >= 4 is 47.3 Å².